The molecular formula is C12H13BrF2N2O. The summed E-state index contributed by atoms with van der Waals surface area (Å²) in [6, 6.07) is 1.89. The van der Waals surface area contributed by atoms with Crippen LogP contribution in [0, 0.1) is 11.6 Å². The predicted molar refractivity (Wildman–Crippen MR) is 67.4 cm³/mol. The molecule has 1 aliphatic heterocycles. The van der Waals surface area contributed by atoms with E-state index in [0.717, 1.165) is 12.1 Å². The lowest BCUT2D eigenvalue weighted by atomic mass is 10.1. The molecule has 0 unspecified atom stereocenters. The Balaban J connectivity index is 2.30. The SMILES string of the molecule is C[C@H]1CNCCN1C(=O)c1cc(F)c(Br)cc1F. The number of nitrogens with one attached hydrogen (secondary N) is 1. The van der Waals surface area contributed by atoms with E-state index in [-0.39, 0.29) is 16.1 Å². The van der Waals surface area contributed by atoms with Crippen LogP contribution in [0.25, 0.3) is 0 Å². The maximum absolute atomic E-state index is 13.7. The van der Waals surface area contributed by atoms with Crippen LogP contribution in [0.5, 0.6) is 0 Å². The molecule has 3 nitrogen and oxygen atoms in total. The lowest BCUT2D eigenvalue weighted by molar-refractivity contribution is 0.0650. The molecule has 1 aromatic carbocycles. The molecule has 1 saturated heterocycles. The van der Waals surface area contributed by atoms with Crippen molar-refractivity contribution in [1.29, 1.82) is 0 Å². The van der Waals surface area contributed by atoms with Crippen LogP contribution in [-0.4, -0.2) is 36.5 Å². The Labute approximate surface area is 112 Å². The van der Waals surface area contributed by atoms with Crippen molar-refractivity contribution in [3.05, 3.63) is 33.8 Å². The van der Waals surface area contributed by atoms with Crippen molar-refractivity contribution in [2.45, 2.75) is 13.0 Å². The summed E-state index contributed by atoms with van der Waals surface area (Å²) < 4.78 is 27.1. The van der Waals surface area contributed by atoms with Crippen LogP contribution >= 0.6 is 15.9 Å². The van der Waals surface area contributed by atoms with E-state index in [4.69, 9.17) is 0 Å². The number of carbonyl (C=O) groups is 1. The molecule has 98 valence electrons. The van der Waals surface area contributed by atoms with Gasteiger partial charge in [-0.25, -0.2) is 8.78 Å². The van der Waals surface area contributed by atoms with Gasteiger partial charge in [0.1, 0.15) is 11.6 Å². The number of benzene rings is 1. The highest BCUT2D eigenvalue weighted by molar-refractivity contribution is 9.10. The van der Waals surface area contributed by atoms with E-state index in [1.165, 1.54) is 0 Å². The quantitative estimate of drug-likeness (QED) is 0.805. The molecule has 0 bridgehead atoms. The van der Waals surface area contributed by atoms with Gasteiger partial charge in [-0.1, -0.05) is 0 Å². The first-order valence-electron chi connectivity index (χ1n) is 5.67. The van der Waals surface area contributed by atoms with E-state index < -0.39 is 17.5 Å². The maximum Gasteiger partial charge on any atom is 0.257 e. The monoisotopic (exact) mass is 318 g/mol. The van der Waals surface area contributed by atoms with Gasteiger partial charge >= 0.3 is 0 Å². The zero-order chi connectivity index (χ0) is 13.3. The molecule has 1 N–H and O–H groups in total. The molecule has 2 rings (SSSR count). The van der Waals surface area contributed by atoms with E-state index in [1.54, 1.807) is 4.90 Å². The second kappa shape index (κ2) is 5.32. The number of amides is 1. The number of carbonyl (C=O) groups excluding carboxylic acids is 1. The summed E-state index contributed by atoms with van der Waals surface area (Å²) in [5.74, 6) is -1.81. The lowest BCUT2D eigenvalue weighted by Crippen LogP contribution is -2.52. The average Bonchev–Trinajstić information content (AvgIpc) is 2.33. The molecule has 6 heteroatoms. The Bertz CT molecular complexity index is 481. The first kappa shape index (κ1) is 13.4. The van der Waals surface area contributed by atoms with Crippen molar-refractivity contribution in [2.75, 3.05) is 19.6 Å². The summed E-state index contributed by atoms with van der Waals surface area (Å²) in [6.45, 7) is 3.69. The third-order valence-corrected chi connectivity index (χ3v) is 3.61. The molecule has 1 heterocycles. The van der Waals surface area contributed by atoms with Crippen molar-refractivity contribution in [3.63, 3.8) is 0 Å². The van der Waals surface area contributed by atoms with Crippen molar-refractivity contribution in [3.8, 4) is 0 Å². The Morgan fingerprint density at radius 1 is 1.44 bits per heavy atom. The highest BCUT2D eigenvalue weighted by atomic mass is 79.9. The minimum absolute atomic E-state index is 0.0184. The van der Waals surface area contributed by atoms with Crippen LogP contribution in [0.15, 0.2) is 16.6 Å². The topological polar surface area (TPSA) is 32.3 Å². The third kappa shape index (κ3) is 2.54. The summed E-state index contributed by atoms with van der Waals surface area (Å²) in [4.78, 5) is 13.7. The number of hydrogen-bond acceptors (Lipinski definition) is 2. The van der Waals surface area contributed by atoms with Gasteiger partial charge in [-0.2, -0.15) is 0 Å². The van der Waals surface area contributed by atoms with Crippen LogP contribution in [-0.2, 0) is 0 Å². The van der Waals surface area contributed by atoms with Gasteiger partial charge in [-0.05, 0) is 35.0 Å². The van der Waals surface area contributed by atoms with Gasteiger partial charge in [-0.3, -0.25) is 4.79 Å². The van der Waals surface area contributed by atoms with Crippen LogP contribution < -0.4 is 5.32 Å². The van der Waals surface area contributed by atoms with E-state index in [0.29, 0.717) is 19.6 Å². The zero-order valence-corrected chi connectivity index (χ0v) is 11.4. The van der Waals surface area contributed by atoms with Gasteiger partial charge in [0.2, 0.25) is 0 Å². The average molecular weight is 319 g/mol. The summed E-state index contributed by atoms with van der Waals surface area (Å²) in [7, 11) is 0. The number of rotatable bonds is 1. The maximum atomic E-state index is 13.7. The zero-order valence-electron chi connectivity index (χ0n) is 9.84. The minimum Gasteiger partial charge on any atom is -0.333 e. The molecule has 1 amide bonds. The number of hydrogen-bond donors (Lipinski definition) is 1. The second-order valence-corrected chi connectivity index (χ2v) is 5.15. The molecule has 0 saturated carbocycles. The van der Waals surface area contributed by atoms with E-state index >= 15 is 0 Å². The summed E-state index contributed by atoms with van der Waals surface area (Å²) in [5, 5.41) is 3.14. The minimum atomic E-state index is -0.709. The number of nitrogens with zero attached hydrogens (tertiary/aromatic N) is 1. The molecular weight excluding hydrogens is 306 g/mol. The Morgan fingerprint density at radius 3 is 2.83 bits per heavy atom. The van der Waals surface area contributed by atoms with Gasteiger partial charge in [0, 0.05) is 25.7 Å². The van der Waals surface area contributed by atoms with E-state index in [2.05, 4.69) is 21.2 Å². The summed E-state index contributed by atoms with van der Waals surface area (Å²) in [5.41, 5.74) is -0.218. The highest BCUT2D eigenvalue weighted by Gasteiger charge is 2.26. The molecule has 0 aromatic heterocycles. The molecule has 0 aliphatic carbocycles. The van der Waals surface area contributed by atoms with Crippen molar-refractivity contribution in [2.24, 2.45) is 0 Å². The number of piperazine rings is 1. The molecule has 1 aliphatic rings. The van der Waals surface area contributed by atoms with Crippen LogP contribution in [0.2, 0.25) is 0 Å². The van der Waals surface area contributed by atoms with Crippen molar-refractivity contribution < 1.29 is 13.6 Å². The molecule has 1 atom stereocenters. The molecule has 1 fully saturated rings. The fourth-order valence-electron chi connectivity index (χ4n) is 1.98. The highest BCUT2D eigenvalue weighted by Crippen LogP contribution is 2.21. The first-order valence-corrected chi connectivity index (χ1v) is 6.46. The normalized spacial score (nSPS) is 20.0. The van der Waals surface area contributed by atoms with Gasteiger partial charge < -0.3 is 10.2 Å². The Morgan fingerprint density at radius 2 is 2.17 bits per heavy atom. The molecule has 18 heavy (non-hydrogen) atoms. The number of halogens is 3. The van der Waals surface area contributed by atoms with Gasteiger partial charge in [0.05, 0.1) is 10.0 Å². The lowest BCUT2D eigenvalue weighted by Gasteiger charge is -2.34. The van der Waals surface area contributed by atoms with Crippen LogP contribution in [0.4, 0.5) is 8.78 Å². The summed E-state index contributed by atoms with van der Waals surface area (Å²) >= 11 is 2.89. The Kier molecular flexibility index (Phi) is 3.97. The van der Waals surface area contributed by atoms with E-state index in [1.807, 2.05) is 6.92 Å². The fraction of sp³-hybridized carbons (Fsp3) is 0.417. The largest absolute Gasteiger partial charge is 0.333 e. The van der Waals surface area contributed by atoms with Crippen molar-refractivity contribution in [1.82, 2.24) is 10.2 Å². The first-order chi connectivity index (χ1) is 8.50. The third-order valence-electron chi connectivity index (χ3n) is 3.00. The molecule has 1 aromatic rings. The second-order valence-electron chi connectivity index (χ2n) is 4.30. The van der Waals surface area contributed by atoms with E-state index in [9.17, 15) is 13.6 Å². The smallest absolute Gasteiger partial charge is 0.257 e. The van der Waals surface area contributed by atoms with Gasteiger partial charge in [0.25, 0.3) is 5.91 Å². The Hall–Kier alpha value is -1.01. The van der Waals surface area contributed by atoms with Gasteiger partial charge in [0.15, 0.2) is 0 Å². The summed E-state index contributed by atoms with van der Waals surface area (Å²) in [6.07, 6.45) is 0. The molecule has 0 radical (unpaired) electrons. The standard InChI is InChI=1S/C12H13BrF2N2O/c1-7-6-16-2-3-17(7)12(18)8-4-11(15)9(13)5-10(8)14/h4-5,7,16H,2-3,6H2,1H3/t7-/m0/s1. The molecule has 0 spiro atoms. The van der Waals surface area contributed by atoms with Crippen molar-refractivity contribution >= 4 is 21.8 Å². The van der Waals surface area contributed by atoms with Crippen LogP contribution in [0.3, 0.4) is 0 Å². The fourth-order valence-corrected chi connectivity index (χ4v) is 2.30. The predicted octanol–water partition coefficient (Wildman–Crippen LogP) is 2.16. The van der Waals surface area contributed by atoms with Gasteiger partial charge in [-0.15, -0.1) is 0 Å². The van der Waals surface area contributed by atoms with Crippen LogP contribution in [0.1, 0.15) is 17.3 Å².